The molecule has 0 aliphatic rings. The van der Waals surface area contributed by atoms with Crippen molar-refractivity contribution in [2.24, 2.45) is 0 Å². The highest BCUT2D eigenvalue weighted by Crippen LogP contribution is 2.31. The first-order chi connectivity index (χ1) is 17.0. The molecule has 11 heteroatoms. The number of carbonyl (C=O) groups excluding carboxylic acids is 2. The van der Waals surface area contributed by atoms with E-state index < -0.39 is 17.8 Å². The lowest BCUT2D eigenvalue weighted by atomic mass is 10.1. The SMILES string of the molecule is CC(=O)c1cc2cc(NCc3cc(N(S)C(=O)Nc4cccc(C(F)(F)F)c4)ccc3C)cnc2[nH]1. The molecule has 4 rings (SSSR count). The third-order valence-corrected chi connectivity index (χ3v) is 5.96. The molecular formula is C25H22F3N5O2S. The second-order valence-electron chi connectivity index (χ2n) is 8.19. The number of nitrogens with zero attached hydrogens (tertiary/aromatic N) is 2. The number of aromatic nitrogens is 2. The number of aromatic amines is 1. The molecule has 0 radical (unpaired) electrons. The zero-order valence-corrected chi connectivity index (χ0v) is 20.2. The lowest BCUT2D eigenvalue weighted by molar-refractivity contribution is -0.137. The van der Waals surface area contributed by atoms with E-state index in [1.54, 1.807) is 24.4 Å². The molecular weight excluding hydrogens is 491 g/mol. The molecule has 186 valence electrons. The molecule has 0 aliphatic heterocycles. The first-order valence-electron chi connectivity index (χ1n) is 10.8. The van der Waals surface area contributed by atoms with Gasteiger partial charge < -0.3 is 15.6 Å². The van der Waals surface area contributed by atoms with Gasteiger partial charge >= 0.3 is 12.2 Å². The molecule has 0 atom stereocenters. The highest BCUT2D eigenvalue weighted by atomic mass is 32.1. The van der Waals surface area contributed by atoms with Crippen molar-refractivity contribution in [1.82, 2.24) is 9.97 Å². The topological polar surface area (TPSA) is 90.1 Å². The summed E-state index contributed by atoms with van der Waals surface area (Å²) in [5, 5.41) is 6.50. The Kier molecular flexibility index (Phi) is 6.93. The second kappa shape index (κ2) is 9.94. The molecule has 0 aliphatic carbocycles. The number of anilines is 3. The van der Waals surface area contributed by atoms with Crippen LogP contribution in [0.1, 0.15) is 34.1 Å². The van der Waals surface area contributed by atoms with Crippen LogP contribution in [0.4, 0.5) is 35.0 Å². The first kappa shape index (κ1) is 25.1. The van der Waals surface area contributed by atoms with Gasteiger partial charge in [0.05, 0.1) is 28.8 Å². The average molecular weight is 514 g/mol. The molecule has 3 N–H and O–H groups in total. The number of nitrogens with one attached hydrogen (secondary N) is 3. The number of hydrogen-bond acceptors (Lipinski definition) is 5. The molecule has 36 heavy (non-hydrogen) atoms. The predicted octanol–water partition coefficient (Wildman–Crippen LogP) is 6.59. The Balaban J connectivity index is 1.46. The molecule has 0 unspecified atom stereocenters. The normalized spacial score (nSPS) is 11.4. The number of pyridine rings is 1. The molecule has 2 aromatic carbocycles. The Morgan fingerprint density at radius 2 is 1.86 bits per heavy atom. The van der Waals surface area contributed by atoms with Gasteiger partial charge in [0.1, 0.15) is 5.65 Å². The van der Waals surface area contributed by atoms with Gasteiger partial charge in [-0.15, -0.1) is 0 Å². The Hall–Kier alpha value is -3.99. The number of ketones is 1. The number of halogens is 3. The summed E-state index contributed by atoms with van der Waals surface area (Å²) in [5.41, 5.74) is 3.25. The number of thiol groups is 1. The van der Waals surface area contributed by atoms with Crippen LogP contribution in [-0.2, 0) is 12.7 Å². The average Bonchev–Trinajstić information content (AvgIpc) is 3.27. The molecule has 0 saturated heterocycles. The maximum atomic E-state index is 13.0. The van der Waals surface area contributed by atoms with Gasteiger partial charge in [0.2, 0.25) is 0 Å². The lowest BCUT2D eigenvalue weighted by Crippen LogP contribution is -2.27. The van der Waals surface area contributed by atoms with Crippen molar-refractivity contribution in [1.29, 1.82) is 0 Å². The van der Waals surface area contributed by atoms with Crippen LogP contribution in [0.3, 0.4) is 0 Å². The minimum absolute atomic E-state index is 0.00320. The monoisotopic (exact) mass is 513 g/mol. The van der Waals surface area contributed by atoms with E-state index in [1.807, 2.05) is 19.1 Å². The van der Waals surface area contributed by atoms with E-state index in [4.69, 9.17) is 0 Å². The maximum absolute atomic E-state index is 13.0. The lowest BCUT2D eigenvalue weighted by Gasteiger charge is -2.19. The number of Topliss-reactive ketones (excluding diaryl/α,β-unsaturated/α-hetero) is 1. The quantitative estimate of drug-likeness (QED) is 0.173. The van der Waals surface area contributed by atoms with Gasteiger partial charge in [0, 0.05) is 24.5 Å². The van der Waals surface area contributed by atoms with Crippen molar-refractivity contribution in [2.75, 3.05) is 14.9 Å². The van der Waals surface area contributed by atoms with Crippen LogP contribution in [-0.4, -0.2) is 21.8 Å². The summed E-state index contributed by atoms with van der Waals surface area (Å²) >= 11 is 4.24. The van der Waals surface area contributed by atoms with E-state index >= 15 is 0 Å². The summed E-state index contributed by atoms with van der Waals surface area (Å²) in [6.07, 6.45) is -2.87. The van der Waals surface area contributed by atoms with E-state index in [9.17, 15) is 22.8 Å². The molecule has 2 aromatic heterocycles. The van der Waals surface area contributed by atoms with Crippen molar-refractivity contribution in [3.63, 3.8) is 0 Å². The van der Waals surface area contributed by atoms with Gasteiger partial charge in [0.15, 0.2) is 5.78 Å². The zero-order chi connectivity index (χ0) is 26.0. The number of H-pyrrole nitrogens is 1. The number of amides is 2. The Morgan fingerprint density at radius 3 is 2.58 bits per heavy atom. The summed E-state index contributed by atoms with van der Waals surface area (Å²) in [6, 6.07) is 12.6. The van der Waals surface area contributed by atoms with Crippen molar-refractivity contribution >= 4 is 52.7 Å². The third kappa shape index (κ3) is 5.62. The number of aryl methyl sites for hydroxylation is 1. The van der Waals surface area contributed by atoms with Gasteiger partial charge in [-0.25, -0.2) is 14.1 Å². The number of rotatable bonds is 6. The van der Waals surface area contributed by atoms with E-state index in [1.165, 1.54) is 19.1 Å². The number of urea groups is 1. The molecule has 0 fully saturated rings. The Labute approximate surface area is 210 Å². The van der Waals surface area contributed by atoms with Crippen molar-refractivity contribution in [3.05, 3.63) is 83.2 Å². The van der Waals surface area contributed by atoms with Crippen LogP contribution >= 0.6 is 12.8 Å². The smallest absolute Gasteiger partial charge is 0.380 e. The van der Waals surface area contributed by atoms with Crippen LogP contribution in [0.2, 0.25) is 0 Å². The van der Waals surface area contributed by atoms with E-state index in [2.05, 4.69) is 33.4 Å². The number of benzene rings is 2. The Morgan fingerprint density at radius 1 is 1.08 bits per heavy atom. The number of alkyl halides is 3. The maximum Gasteiger partial charge on any atom is 0.416 e. The van der Waals surface area contributed by atoms with Crippen molar-refractivity contribution in [2.45, 2.75) is 26.6 Å². The van der Waals surface area contributed by atoms with Crippen molar-refractivity contribution in [3.8, 4) is 0 Å². The van der Waals surface area contributed by atoms with Gasteiger partial charge in [-0.1, -0.05) is 24.9 Å². The van der Waals surface area contributed by atoms with Crippen LogP contribution in [0.15, 0.2) is 60.8 Å². The van der Waals surface area contributed by atoms with E-state index in [0.29, 0.717) is 23.6 Å². The largest absolute Gasteiger partial charge is 0.416 e. The number of fused-ring (bicyclic) bond motifs is 1. The number of carbonyl (C=O) groups is 2. The number of hydrogen-bond donors (Lipinski definition) is 4. The minimum Gasteiger partial charge on any atom is -0.380 e. The van der Waals surface area contributed by atoms with Crippen LogP contribution in [0.25, 0.3) is 11.0 Å². The fourth-order valence-electron chi connectivity index (χ4n) is 3.55. The molecule has 4 aromatic rings. The minimum atomic E-state index is -4.52. The summed E-state index contributed by atoms with van der Waals surface area (Å²) in [6.45, 7) is 3.80. The molecule has 0 saturated carbocycles. The zero-order valence-electron chi connectivity index (χ0n) is 19.3. The summed E-state index contributed by atoms with van der Waals surface area (Å²) in [5.74, 6) is -0.0802. The van der Waals surface area contributed by atoms with E-state index in [0.717, 1.165) is 38.6 Å². The third-order valence-electron chi connectivity index (χ3n) is 5.54. The fourth-order valence-corrected chi connectivity index (χ4v) is 3.72. The highest BCUT2D eigenvalue weighted by molar-refractivity contribution is 7.82. The first-order valence-corrected chi connectivity index (χ1v) is 11.2. The molecule has 2 heterocycles. The van der Waals surface area contributed by atoms with Crippen LogP contribution in [0.5, 0.6) is 0 Å². The standard InChI is InChI=1S/C25H22F3N5O2S/c1-14-6-7-21(33(36)24(35)31-19-5-3-4-18(11-19)25(26,27)28)9-17(14)12-29-20-8-16-10-22(15(2)34)32-23(16)30-13-20/h3-11,13,29,36H,12H2,1-2H3,(H,30,32)(H,31,35). The van der Waals surface area contributed by atoms with Crippen molar-refractivity contribution < 1.29 is 22.8 Å². The summed E-state index contributed by atoms with van der Waals surface area (Å²) in [4.78, 5) is 31.5. The highest BCUT2D eigenvalue weighted by Gasteiger charge is 2.30. The van der Waals surface area contributed by atoms with Gasteiger partial charge in [0.25, 0.3) is 0 Å². The molecule has 0 spiro atoms. The summed E-state index contributed by atoms with van der Waals surface area (Å²) in [7, 11) is 0. The molecule has 2 amide bonds. The van der Waals surface area contributed by atoms with Gasteiger partial charge in [-0.05, 0) is 60.5 Å². The molecule has 7 nitrogen and oxygen atoms in total. The predicted molar refractivity (Wildman–Crippen MR) is 137 cm³/mol. The van der Waals surface area contributed by atoms with Crippen LogP contribution < -0.4 is 14.9 Å². The summed E-state index contributed by atoms with van der Waals surface area (Å²) < 4.78 is 39.9. The fraction of sp³-hybridized carbons (Fsp3) is 0.160. The van der Waals surface area contributed by atoms with E-state index in [-0.39, 0.29) is 11.5 Å². The molecule has 0 bridgehead atoms. The Bertz CT molecular complexity index is 1450. The second-order valence-corrected chi connectivity index (χ2v) is 8.59. The van der Waals surface area contributed by atoms with Gasteiger partial charge in [-0.2, -0.15) is 13.2 Å². The van der Waals surface area contributed by atoms with Crippen LogP contribution in [0, 0.1) is 6.92 Å². The van der Waals surface area contributed by atoms with Gasteiger partial charge in [-0.3, -0.25) is 4.79 Å².